The SMILES string of the molecule is CCOc1c(O)cc2c(O)c(-c3c(C)cc4c(C(C)C)c(O)c(O)c(C(=O)O)c4c3O)c(C)cc2c1C(C)C. The van der Waals surface area contributed by atoms with E-state index in [-0.39, 0.29) is 45.2 Å². The Bertz CT molecular complexity index is 1660. The maximum Gasteiger partial charge on any atom is 0.340 e. The second-order valence-electron chi connectivity index (χ2n) is 10.5. The number of hydrogen-bond donors (Lipinski definition) is 6. The van der Waals surface area contributed by atoms with Crippen LogP contribution in [0.15, 0.2) is 18.2 Å². The normalized spacial score (nSPS) is 11.7. The molecule has 8 heteroatoms. The molecule has 0 radical (unpaired) electrons. The van der Waals surface area contributed by atoms with Gasteiger partial charge in [-0.05, 0) is 60.6 Å². The molecule has 0 unspecified atom stereocenters. The first-order valence-electron chi connectivity index (χ1n) is 12.9. The number of rotatable bonds is 6. The summed E-state index contributed by atoms with van der Waals surface area (Å²) in [5.41, 5.74) is 1.94. The van der Waals surface area contributed by atoms with Gasteiger partial charge in [-0.2, -0.15) is 0 Å². The Balaban J connectivity index is 2.21. The molecule has 39 heavy (non-hydrogen) atoms. The maximum absolute atomic E-state index is 12.2. The van der Waals surface area contributed by atoms with Crippen LogP contribution < -0.4 is 4.74 Å². The van der Waals surface area contributed by atoms with Crippen LogP contribution in [0.1, 0.15) is 79.1 Å². The van der Waals surface area contributed by atoms with Crippen LogP contribution in [0.5, 0.6) is 34.5 Å². The molecule has 206 valence electrons. The quantitative estimate of drug-likeness (QED) is 0.143. The Morgan fingerprint density at radius 3 is 1.79 bits per heavy atom. The van der Waals surface area contributed by atoms with E-state index in [0.29, 0.717) is 39.8 Å². The Hall–Kier alpha value is -4.33. The number of carboxylic acids is 1. The first-order valence-corrected chi connectivity index (χ1v) is 12.9. The van der Waals surface area contributed by atoms with Crippen LogP contribution in [0.25, 0.3) is 32.7 Å². The molecule has 0 saturated carbocycles. The molecule has 0 aromatic heterocycles. The van der Waals surface area contributed by atoms with Gasteiger partial charge >= 0.3 is 5.97 Å². The molecular formula is C31H34O8. The second-order valence-corrected chi connectivity index (χ2v) is 10.5. The minimum absolute atomic E-state index is 0.0511. The summed E-state index contributed by atoms with van der Waals surface area (Å²) in [7, 11) is 0. The minimum Gasteiger partial charge on any atom is -0.507 e. The monoisotopic (exact) mass is 534 g/mol. The van der Waals surface area contributed by atoms with Crippen LogP contribution in [0.2, 0.25) is 0 Å². The van der Waals surface area contributed by atoms with E-state index >= 15 is 0 Å². The van der Waals surface area contributed by atoms with Gasteiger partial charge in [-0.3, -0.25) is 0 Å². The molecule has 0 fully saturated rings. The van der Waals surface area contributed by atoms with Gasteiger partial charge in [0.25, 0.3) is 0 Å². The van der Waals surface area contributed by atoms with Crippen molar-refractivity contribution in [3.63, 3.8) is 0 Å². The maximum atomic E-state index is 12.2. The molecular weight excluding hydrogens is 500 g/mol. The van der Waals surface area contributed by atoms with Gasteiger partial charge in [-0.15, -0.1) is 0 Å². The van der Waals surface area contributed by atoms with Crippen molar-refractivity contribution in [2.75, 3.05) is 6.61 Å². The van der Waals surface area contributed by atoms with Gasteiger partial charge in [-0.25, -0.2) is 4.79 Å². The van der Waals surface area contributed by atoms with Crippen LogP contribution in [0.4, 0.5) is 0 Å². The number of aryl methyl sites for hydroxylation is 2. The molecule has 4 rings (SSSR count). The number of hydrogen-bond acceptors (Lipinski definition) is 7. The predicted octanol–water partition coefficient (Wildman–Crippen LogP) is 7.15. The zero-order chi connectivity index (χ0) is 29.1. The van der Waals surface area contributed by atoms with E-state index in [2.05, 4.69) is 0 Å². The minimum atomic E-state index is -1.53. The van der Waals surface area contributed by atoms with E-state index in [1.807, 2.05) is 26.8 Å². The number of aromatic hydroxyl groups is 5. The van der Waals surface area contributed by atoms with Crippen molar-refractivity contribution in [2.24, 2.45) is 0 Å². The number of ether oxygens (including phenoxy) is 1. The van der Waals surface area contributed by atoms with Crippen molar-refractivity contribution < 1.29 is 40.2 Å². The molecule has 8 nitrogen and oxygen atoms in total. The van der Waals surface area contributed by atoms with Gasteiger partial charge in [0, 0.05) is 33.0 Å². The number of aromatic carboxylic acids is 1. The number of fused-ring (bicyclic) bond motifs is 2. The third-order valence-electron chi connectivity index (χ3n) is 7.25. The fraction of sp³-hybridized carbons (Fsp3) is 0.323. The zero-order valence-corrected chi connectivity index (χ0v) is 23.1. The van der Waals surface area contributed by atoms with Crippen molar-refractivity contribution in [3.05, 3.63) is 46.0 Å². The smallest absolute Gasteiger partial charge is 0.340 e. The summed E-state index contributed by atoms with van der Waals surface area (Å²) in [5.74, 6) is -3.70. The molecule has 0 saturated heterocycles. The van der Waals surface area contributed by atoms with E-state index in [1.165, 1.54) is 6.07 Å². The van der Waals surface area contributed by atoms with Crippen LogP contribution in [-0.4, -0.2) is 43.2 Å². The lowest BCUT2D eigenvalue weighted by Gasteiger charge is -2.23. The molecule has 0 bridgehead atoms. The first kappa shape index (κ1) is 27.7. The Morgan fingerprint density at radius 2 is 1.28 bits per heavy atom. The molecule has 0 aliphatic carbocycles. The predicted molar refractivity (Wildman–Crippen MR) is 151 cm³/mol. The largest absolute Gasteiger partial charge is 0.507 e. The summed E-state index contributed by atoms with van der Waals surface area (Å²) >= 11 is 0. The van der Waals surface area contributed by atoms with Gasteiger partial charge in [0.1, 0.15) is 17.1 Å². The van der Waals surface area contributed by atoms with E-state index in [1.54, 1.807) is 33.8 Å². The number of carboxylic acid groups (broad SMARTS) is 1. The van der Waals surface area contributed by atoms with Crippen molar-refractivity contribution in [2.45, 2.75) is 60.3 Å². The highest BCUT2D eigenvalue weighted by Crippen LogP contribution is 2.53. The third kappa shape index (κ3) is 4.11. The Labute approximate surface area is 226 Å². The highest BCUT2D eigenvalue weighted by molar-refractivity contribution is 6.14. The Morgan fingerprint density at radius 1 is 0.744 bits per heavy atom. The van der Waals surface area contributed by atoms with Crippen molar-refractivity contribution in [1.82, 2.24) is 0 Å². The molecule has 0 amide bonds. The average Bonchev–Trinajstić information content (AvgIpc) is 2.83. The molecule has 6 N–H and O–H groups in total. The summed E-state index contributed by atoms with van der Waals surface area (Å²) < 4.78 is 5.73. The van der Waals surface area contributed by atoms with E-state index in [0.717, 1.165) is 5.56 Å². The topological polar surface area (TPSA) is 148 Å². The molecule has 0 atom stereocenters. The van der Waals surface area contributed by atoms with Gasteiger partial charge in [0.2, 0.25) is 0 Å². The number of benzene rings is 4. The van der Waals surface area contributed by atoms with Gasteiger partial charge in [0.05, 0.1) is 6.61 Å². The molecule has 0 spiro atoms. The highest BCUT2D eigenvalue weighted by Gasteiger charge is 2.30. The molecule has 0 aliphatic rings. The first-order chi connectivity index (χ1) is 18.2. The van der Waals surface area contributed by atoms with E-state index in [9.17, 15) is 35.4 Å². The van der Waals surface area contributed by atoms with E-state index < -0.39 is 28.8 Å². The summed E-state index contributed by atoms with van der Waals surface area (Å²) in [6.07, 6.45) is 0. The summed E-state index contributed by atoms with van der Waals surface area (Å²) in [6.45, 7) is 13.1. The summed E-state index contributed by atoms with van der Waals surface area (Å²) in [6, 6.07) is 4.90. The van der Waals surface area contributed by atoms with Gasteiger partial charge < -0.3 is 35.4 Å². The molecule has 4 aromatic rings. The lowest BCUT2D eigenvalue weighted by Crippen LogP contribution is -2.04. The number of phenols is 5. The van der Waals surface area contributed by atoms with Gasteiger partial charge in [-0.1, -0.05) is 39.8 Å². The van der Waals surface area contributed by atoms with Crippen LogP contribution >= 0.6 is 0 Å². The lowest BCUT2D eigenvalue weighted by molar-refractivity contribution is 0.0695. The third-order valence-corrected chi connectivity index (χ3v) is 7.25. The molecule has 4 aromatic carbocycles. The average molecular weight is 535 g/mol. The summed E-state index contributed by atoms with van der Waals surface area (Å²) in [5, 5.41) is 66.5. The lowest BCUT2D eigenvalue weighted by atomic mass is 9.84. The van der Waals surface area contributed by atoms with Crippen molar-refractivity contribution >= 4 is 27.5 Å². The van der Waals surface area contributed by atoms with Crippen LogP contribution in [-0.2, 0) is 0 Å². The van der Waals surface area contributed by atoms with E-state index in [4.69, 9.17) is 4.74 Å². The molecule has 0 heterocycles. The fourth-order valence-corrected chi connectivity index (χ4v) is 5.70. The fourth-order valence-electron chi connectivity index (χ4n) is 5.70. The van der Waals surface area contributed by atoms with Crippen LogP contribution in [0, 0.1) is 13.8 Å². The summed E-state index contributed by atoms with van der Waals surface area (Å²) in [4.78, 5) is 12.2. The Kier molecular flexibility index (Phi) is 6.93. The highest BCUT2D eigenvalue weighted by atomic mass is 16.5. The second kappa shape index (κ2) is 9.76. The number of phenolic OH excluding ortho intramolecular Hbond substituents is 4. The molecule has 0 aliphatic heterocycles. The van der Waals surface area contributed by atoms with Crippen molar-refractivity contribution in [3.8, 4) is 45.6 Å². The van der Waals surface area contributed by atoms with Crippen molar-refractivity contribution in [1.29, 1.82) is 0 Å². The standard InChI is InChI=1S/C31H34O8/c1-8-39-30-19(32)11-17-16(21(30)13(4)5)9-14(6)22(26(17)33)23-15(7)10-18-20(12(2)3)28(35)29(36)25(31(37)38)24(18)27(23)34/h9-13,32-36H,8H2,1-7H3,(H,37,38). The van der Waals surface area contributed by atoms with Crippen LogP contribution in [0.3, 0.4) is 0 Å². The zero-order valence-electron chi connectivity index (χ0n) is 23.1. The number of carbonyl (C=O) groups is 1. The van der Waals surface area contributed by atoms with Gasteiger partial charge in [0.15, 0.2) is 23.0 Å².